The minimum absolute atomic E-state index is 0.209. The van der Waals surface area contributed by atoms with Gasteiger partial charge in [0.25, 0.3) is 0 Å². The Morgan fingerprint density at radius 2 is 1.85 bits per heavy atom. The number of halogens is 1. The molecule has 174 valence electrons. The number of amides is 2. The maximum atomic E-state index is 13.1. The van der Waals surface area contributed by atoms with Crippen LogP contribution in [-0.2, 0) is 6.42 Å². The molecule has 7 nitrogen and oxygen atoms in total. The standard InChI is InChI=1S/C25H29ClN4O3/c1-33-18-5-2-16(3-6-18)14-21(22-27-19-7-4-17(26)15-20(19)28-22)29-23(31)30-24-8-11-25(32,12-9-24)13-10-24/h2-7,15,21,32H,8-14H2,1H3,(H,27,28)(H2,29,30,31)/t21-,24?,25?/m1/s1. The second-order valence-electron chi connectivity index (χ2n) is 9.49. The number of imidazole rings is 1. The van der Waals surface area contributed by atoms with Crippen molar-refractivity contribution in [2.45, 2.75) is 62.1 Å². The van der Waals surface area contributed by atoms with E-state index in [1.807, 2.05) is 36.4 Å². The zero-order chi connectivity index (χ0) is 23.1. The molecule has 2 aromatic carbocycles. The predicted octanol–water partition coefficient (Wildman–Crippen LogP) is 4.65. The van der Waals surface area contributed by atoms with Gasteiger partial charge in [0.1, 0.15) is 11.6 Å². The number of aliphatic hydroxyl groups is 1. The average molecular weight is 469 g/mol. The monoisotopic (exact) mass is 468 g/mol. The Labute approximate surface area is 197 Å². The number of benzene rings is 2. The fourth-order valence-corrected chi connectivity index (χ4v) is 5.34. The molecule has 2 bridgehead atoms. The number of nitrogens with zero attached hydrogens (tertiary/aromatic N) is 1. The molecule has 3 aliphatic rings. The van der Waals surface area contributed by atoms with Gasteiger partial charge in [0.05, 0.1) is 29.8 Å². The van der Waals surface area contributed by atoms with Crippen molar-refractivity contribution in [1.82, 2.24) is 20.6 Å². The number of rotatable bonds is 6. The number of aromatic amines is 1. The van der Waals surface area contributed by atoms with E-state index < -0.39 is 5.60 Å². The van der Waals surface area contributed by atoms with Crippen LogP contribution in [0.2, 0.25) is 5.02 Å². The van der Waals surface area contributed by atoms with E-state index in [0.717, 1.165) is 60.9 Å². The molecule has 8 heteroatoms. The second-order valence-corrected chi connectivity index (χ2v) is 9.93. The number of methoxy groups -OCH3 is 1. The van der Waals surface area contributed by atoms with Crippen molar-refractivity contribution < 1.29 is 14.6 Å². The van der Waals surface area contributed by atoms with Gasteiger partial charge in [-0.3, -0.25) is 0 Å². The number of H-pyrrole nitrogens is 1. The summed E-state index contributed by atoms with van der Waals surface area (Å²) in [5, 5.41) is 17.5. The van der Waals surface area contributed by atoms with Gasteiger partial charge in [-0.2, -0.15) is 0 Å². The van der Waals surface area contributed by atoms with E-state index in [-0.39, 0.29) is 17.6 Å². The van der Waals surface area contributed by atoms with Crippen LogP contribution < -0.4 is 15.4 Å². The zero-order valence-electron chi connectivity index (χ0n) is 18.7. The van der Waals surface area contributed by atoms with E-state index in [1.165, 1.54) is 0 Å². The topological polar surface area (TPSA) is 99.3 Å². The summed E-state index contributed by atoms with van der Waals surface area (Å²) in [6, 6.07) is 12.8. The third-order valence-corrected chi connectivity index (χ3v) is 7.52. The summed E-state index contributed by atoms with van der Waals surface area (Å²) in [6.07, 6.45) is 5.22. The van der Waals surface area contributed by atoms with Crippen molar-refractivity contribution in [3.63, 3.8) is 0 Å². The Morgan fingerprint density at radius 3 is 2.52 bits per heavy atom. The lowest BCUT2D eigenvalue weighted by Gasteiger charge is -2.51. The third kappa shape index (κ3) is 4.66. The van der Waals surface area contributed by atoms with Gasteiger partial charge in [0.2, 0.25) is 0 Å². The molecule has 0 radical (unpaired) electrons. The molecule has 0 aliphatic heterocycles. The van der Waals surface area contributed by atoms with Crippen LogP contribution in [0.5, 0.6) is 5.75 Å². The van der Waals surface area contributed by atoms with Crippen molar-refractivity contribution in [2.24, 2.45) is 0 Å². The minimum atomic E-state index is -0.535. The molecule has 2 amide bonds. The zero-order valence-corrected chi connectivity index (χ0v) is 19.4. The predicted molar refractivity (Wildman–Crippen MR) is 128 cm³/mol. The molecule has 4 N–H and O–H groups in total. The Kier molecular flexibility index (Phi) is 5.70. The summed E-state index contributed by atoms with van der Waals surface area (Å²) in [5.41, 5.74) is 1.91. The fourth-order valence-electron chi connectivity index (χ4n) is 5.17. The number of nitrogens with one attached hydrogen (secondary N) is 3. The first-order valence-corrected chi connectivity index (χ1v) is 11.8. The maximum Gasteiger partial charge on any atom is 0.315 e. The lowest BCUT2D eigenvalue weighted by molar-refractivity contribution is -0.0694. The van der Waals surface area contributed by atoms with Crippen molar-refractivity contribution in [2.75, 3.05) is 7.11 Å². The molecule has 3 aromatic rings. The van der Waals surface area contributed by atoms with E-state index in [4.69, 9.17) is 21.3 Å². The Morgan fingerprint density at radius 1 is 1.15 bits per heavy atom. The van der Waals surface area contributed by atoms with Gasteiger partial charge in [-0.25, -0.2) is 9.78 Å². The summed E-state index contributed by atoms with van der Waals surface area (Å²) in [6.45, 7) is 0. The Balaban J connectivity index is 1.37. The number of carbonyl (C=O) groups excluding carboxylic acids is 1. The molecule has 6 rings (SSSR count). The van der Waals surface area contributed by atoms with Crippen LogP contribution >= 0.6 is 11.6 Å². The number of urea groups is 1. The number of hydrogen-bond donors (Lipinski definition) is 4. The van der Waals surface area contributed by atoms with Crippen LogP contribution in [0, 0.1) is 0 Å². The van der Waals surface area contributed by atoms with E-state index in [0.29, 0.717) is 17.3 Å². The summed E-state index contributed by atoms with van der Waals surface area (Å²) in [4.78, 5) is 21.2. The first kappa shape index (κ1) is 22.0. The van der Waals surface area contributed by atoms with E-state index >= 15 is 0 Å². The number of ether oxygens (including phenoxy) is 1. The first-order valence-electron chi connectivity index (χ1n) is 11.4. The van der Waals surface area contributed by atoms with Gasteiger partial charge in [-0.05, 0) is 80.8 Å². The van der Waals surface area contributed by atoms with Crippen molar-refractivity contribution >= 4 is 28.7 Å². The molecule has 3 fully saturated rings. The highest BCUT2D eigenvalue weighted by Crippen LogP contribution is 2.46. The maximum absolute atomic E-state index is 13.1. The van der Waals surface area contributed by atoms with E-state index in [9.17, 15) is 9.90 Å². The molecule has 3 saturated carbocycles. The molecule has 1 aromatic heterocycles. The highest BCUT2D eigenvalue weighted by atomic mass is 35.5. The Bertz CT molecular complexity index is 1140. The van der Waals surface area contributed by atoms with Gasteiger partial charge < -0.3 is 25.5 Å². The molecular formula is C25H29ClN4O3. The molecule has 0 spiro atoms. The number of fused-ring (bicyclic) bond motifs is 4. The largest absolute Gasteiger partial charge is 0.497 e. The van der Waals surface area contributed by atoms with Crippen LogP contribution in [-0.4, -0.2) is 39.4 Å². The van der Waals surface area contributed by atoms with Gasteiger partial charge in [-0.15, -0.1) is 0 Å². The Hall–Kier alpha value is -2.77. The third-order valence-electron chi connectivity index (χ3n) is 7.28. The van der Waals surface area contributed by atoms with Crippen LogP contribution in [0.4, 0.5) is 4.79 Å². The molecular weight excluding hydrogens is 440 g/mol. The summed E-state index contributed by atoms with van der Waals surface area (Å²) >= 11 is 6.15. The van der Waals surface area contributed by atoms with Crippen LogP contribution in [0.3, 0.4) is 0 Å². The number of aromatic nitrogens is 2. The van der Waals surface area contributed by atoms with Crippen molar-refractivity contribution in [1.29, 1.82) is 0 Å². The minimum Gasteiger partial charge on any atom is -0.497 e. The quantitative estimate of drug-likeness (QED) is 0.423. The molecule has 33 heavy (non-hydrogen) atoms. The molecule has 1 atom stereocenters. The van der Waals surface area contributed by atoms with Crippen LogP contribution in [0.1, 0.15) is 56.0 Å². The van der Waals surface area contributed by atoms with Gasteiger partial charge in [-0.1, -0.05) is 23.7 Å². The molecule has 1 heterocycles. The second kappa shape index (κ2) is 8.54. The molecule has 3 aliphatic carbocycles. The average Bonchev–Trinajstić information content (AvgIpc) is 3.23. The van der Waals surface area contributed by atoms with Crippen molar-refractivity contribution in [3.05, 3.63) is 58.9 Å². The number of carbonyl (C=O) groups is 1. The SMILES string of the molecule is COc1ccc(C[C@@H](NC(=O)NC23CCC(O)(CC2)CC3)c2nc3ccc(Cl)cc3[nH]2)cc1. The summed E-state index contributed by atoms with van der Waals surface area (Å²) in [5.74, 6) is 1.46. The van der Waals surface area contributed by atoms with Gasteiger partial charge in [0, 0.05) is 10.6 Å². The molecule has 0 unspecified atom stereocenters. The van der Waals surface area contributed by atoms with E-state index in [2.05, 4.69) is 15.6 Å². The van der Waals surface area contributed by atoms with Crippen molar-refractivity contribution in [3.8, 4) is 5.75 Å². The first-order chi connectivity index (χ1) is 15.9. The normalized spacial score (nSPS) is 25.1. The van der Waals surface area contributed by atoms with Crippen LogP contribution in [0.25, 0.3) is 11.0 Å². The highest BCUT2D eigenvalue weighted by Gasteiger charge is 2.48. The lowest BCUT2D eigenvalue weighted by Crippen LogP contribution is -2.60. The summed E-state index contributed by atoms with van der Waals surface area (Å²) < 4.78 is 5.26. The summed E-state index contributed by atoms with van der Waals surface area (Å²) in [7, 11) is 1.64. The lowest BCUT2D eigenvalue weighted by atomic mass is 9.63. The van der Waals surface area contributed by atoms with Crippen LogP contribution in [0.15, 0.2) is 42.5 Å². The smallest absolute Gasteiger partial charge is 0.315 e. The van der Waals surface area contributed by atoms with E-state index in [1.54, 1.807) is 13.2 Å². The molecule has 0 saturated heterocycles. The van der Waals surface area contributed by atoms with Gasteiger partial charge in [0.15, 0.2) is 0 Å². The highest BCUT2D eigenvalue weighted by molar-refractivity contribution is 6.31. The fraction of sp³-hybridized carbons (Fsp3) is 0.440. The number of hydrogen-bond acceptors (Lipinski definition) is 4. The van der Waals surface area contributed by atoms with Gasteiger partial charge >= 0.3 is 6.03 Å².